The maximum atomic E-state index is 10.8. The fourth-order valence-electron chi connectivity index (χ4n) is 0.715. The highest BCUT2D eigenvalue weighted by Gasteiger charge is 2.07. The lowest BCUT2D eigenvalue weighted by Crippen LogP contribution is -2.18. The minimum atomic E-state index is -1.98. The topological polar surface area (TPSA) is 44.8 Å². The van der Waals surface area contributed by atoms with E-state index in [0.717, 1.165) is 6.32 Å². The molecule has 1 unspecified atom stereocenters. The van der Waals surface area contributed by atoms with Crippen LogP contribution in [0.3, 0.4) is 0 Å². The van der Waals surface area contributed by atoms with Crippen molar-refractivity contribution in [2.24, 2.45) is 0 Å². The van der Waals surface area contributed by atoms with Gasteiger partial charge in [-0.05, 0) is 0 Å². The molecule has 70 valence electrons. The van der Waals surface area contributed by atoms with Crippen LogP contribution in [0.5, 0.6) is 0 Å². The largest absolute Gasteiger partial charge is 0.399 e. The van der Waals surface area contributed by atoms with Gasteiger partial charge in [-0.25, -0.2) is 0 Å². The van der Waals surface area contributed by atoms with Gasteiger partial charge in [-0.3, -0.25) is 4.57 Å². The summed E-state index contributed by atoms with van der Waals surface area (Å²) in [4.78, 5) is 0. The van der Waals surface area contributed by atoms with Gasteiger partial charge in [-0.2, -0.15) is 0 Å². The van der Waals surface area contributed by atoms with Gasteiger partial charge in [0.15, 0.2) is 0 Å². The van der Waals surface area contributed by atoms with Crippen LogP contribution in [-0.2, 0) is 18.5 Å². The molecule has 0 aliphatic heterocycles. The van der Waals surface area contributed by atoms with E-state index < -0.39 is 8.03 Å². The number of ether oxygens (including phenoxy) is 2. The highest BCUT2D eigenvalue weighted by molar-refractivity contribution is 7.39. The molecule has 0 N–H and O–H groups in total. The van der Waals surface area contributed by atoms with E-state index in [2.05, 4.69) is 4.44 Å². The molecule has 0 aromatic carbocycles. The van der Waals surface area contributed by atoms with Gasteiger partial charge in [0.1, 0.15) is 14.2 Å². The summed E-state index contributed by atoms with van der Waals surface area (Å²) in [5.74, 6) is 0. The average molecular weight is 192 g/mol. The normalized spacial score (nSPS) is 15.8. The highest BCUT2D eigenvalue weighted by Crippen LogP contribution is 2.20. The van der Waals surface area contributed by atoms with Crippen LogP contribution in [0.4, 0.5) is 0 Å². The number of hydrogen-bond acceptors (Lipinski definition) is 4. The standard InChI is InChI=1S/C5H15B2O4P/c1-9-3-5(2-6)10-4-12(8)11-7/h5,12H,2-4,6-7H2,1H3/t5-/m0/s1. The third-order valence-electron chi connectivity index (χ3n) is 1.47. The Hall–Kier alpha value is 0.240. The molecule has 2 atom stereocenters. The SMILES string of the molecule is BC[C@@H](COC)OC[PH](=O)OB. The van der Waals surface area contributed by atoms with Crippen molar-refractivity contribution in [3.05, 3.63) is 0 Å². The van der Waals surface area contributed by atoms with E-state index in [4.69, 9.17) is 9.47 Å². The molecule has 0 saturated heterocycles. The molecule has 0 aromatic heterocycles. The lowest BCUT2D eigenvalue weighted by molar-refractivity contribution is 0.0295. The molecule has 4 nitrogen and oxygen atoms in total. The minimum Gasteiger partial charge on any atom is -0.399 e. The van der Waals surface area contributed by atoms with Crippen LogP contribution in [0.2, 0.25) is 6.32 Å². The summed E-state index contributed by atoms with van der Waals surface area (Å²) >= 11 is 0. The number of hydrogen-bond donors (Lipinski definition) is 0. The van der Waals surface area contributed by atoms with Crippen LogP contribution < -0.4 is 0 Å². The van der Waals surface area contributed by atoms with Gasteiger partial charge in [0.05, 0.1) is 12.7 Å². The quantitative estimate of drug-likeness (QED) is 0.385. The van der Waals surface area contributed by atoms with Crippen LogP contribution in [0, 0.1) is 0 Å². The average Bonchev–Trinajstić information content (AvgIpc) is 2.11. The van der Waals surface area contributed by atoms with Crippen molar-refractivity contribution in [3.63, 3.8) is 0 Å². The summed E-state index contributed by atoms with van der Waals surface area (Å²) in [5.41, 5.74) is 0. The Morgan fingerprint density at radius 1 is 1.58 bits per heavy atom. The van der Waals surface area contributed by atoms with E-state index >= 15 is 0 Å². The van der Waals surface area contributed by atoms with Crippen molar-refractivity contribution in [1.82, 2.24) is 0 Å². The molecule has 0 aliphatic carbocycles. The first-order chi connectivity index (χ1) is 5.74. The van der Waals surface area contributed by atoms with Gasteiger partial charge >= 0.3 is 0 Å². The Bertz CT molecular complexity index is 135. The summed E-state index contributed by atoms with van der Waals surface area (Å²) < 4.78 is 25.6. The van der Waals surface area contributed by atoms with Gasteiger partial charge < -0.3 is 13.9 Å². The molecule has 0 saturated carbocycles. The summed E-state index contributed by atoms with van der Waals surface area (Å²) in [6.07, 6.45) is 1.06. The van der Waals surface area contributed by atoms with E-state index in [0.29, 0.717) is 6.61 Å². The highest BCUT2D eigenvalue weighted by atomic mass is 31.1. The third kappa shape index (κ3) is 5.84. The second-order valence-corrected chi connectivity index (χ2v) is 3.81. The van der Waals surface area contributed by atoms with Gasteiger partial charge in [-0.1, -0.05) is 6.32 Å². The summed E-state index contributed by atoms with van der Waals surface area (Å²) in [7, 11) is 3.05. The molecular formula is C5H15B2O4P. The van der Waals surface area contributed by atoms with Crippen molar-refractivity contribution in [2.75, 3.05) is 20.1 Å². The second kappa shape index (κ2) is 7.87. The van der Waals surface area contributed by atoms with E-state index in [1.807, 2.05) is 7.85 Å². The van der Waals surface area contributed by atoms with Crippen LogP contribution in [0.15, 0.2) is 0 Å². The van der Waals surface area contributed by atoms with Crippen molar-refractivity contribution < 1.29 is 18.5 Å². The van der Waals surface area contributed by atoms with E-state index in [1.54, 1.807) is 7.11 Å². The molecule has 0 aromatic rings. The molecule has 0 radical (unpaired) electrons. The van der Waals surface area contributed by atoms with Crippen molar-refractivity contribution in [2.45, 2.75) is 12.4 Å². The Labute approximate surface area is 75.7 Å². The maximum Gasteiger partial charge on any atom is 0.266 e. The van der Waals surface area contributed by atoms with E-state index in [1.165, 1.54) is 8.05 Å². The fraction of sp³-hybridized carbons (Fsp3) is 1.00. The Morgan fingerprint density at radius 2 is 2.25 bits per heavy atom. The second-order valence-electron chi connectivity index (χ2n) is 2.37. The van der Waals surface area contributed by atoms with E-state index in [-0.39, 0.29) is 12.5 Å². The maximum absolute atomic E-state index is 10.8. The Kier molecular flexibility index (Phi) is 8.02. The first kappa shape index (κ1) is 12.2. The fourth-order valence-corrected chi connectivity index (χ4v) is 1.20. The van der Waals surface area contributed by atoms with Gasteiger partial charge in [0.2, 0.25) is 8.03 Å². The minimum absolute atomic E-state index is 0.0269. The van der Waals surface area contributed by atoms with E-state index in [9.17, 15) is 4.57 Å². The summed E-state index contributed by atoms with van der Waals surface area (Å²) in [5, 5.41) is 0. The van der Waals surface area contributed by atoms with Crippen molar-refractivity contribution >= 4 is 23.9 Å². The molecule has 0 aliphatic rings. The van der Waals surface area contributed by atoms with Gasteiger partial charge in [-0.15, -0.1) is 0 Å². The summed E-state index contributed by atoms with van der Waals surface area (Å²) in [6.45, 7) is 0.537. The monoisotopic (exact) mass is 192 g/mol. The summed E-state index contributed by atoms with van der Waals surface area (Å²) in [6, 6.07) is 0. The predicted molar refractivity (Wildman–Crippen MR) is 53.6 cm³/mol. The lowest BCUT2D eigenvalue weighted by Gasteiger charge is -2.14. The molecular weight excluding hydrogens is 177 g/mol. The zero-order chi connectivity index (χ0) is 9.40. The Balaban J connectivity index is 3.50. The zero-order valence-electron chi connectivity index (χ0n) is 7.83. The van der Waals surface area contributed by atoms with Gasteiger partial charge in [0, 0.05) is 7.11 Å². The predicted octanol–water partition coefficient (Wildman–Crippen LogP) is -0.934. The molecule has 0 amide bonds. The molecule has 0 bridgehead atoms. The first-order valence-electron chi connectivity index (χ1n) is 3.91. The van der Waals surface area contributed by atoms with Crippen LogP contribution in [0.25, 0.3) is 0 Å². The van der Waals surface area contributed by atoms with Gasteiger partial charge in [0.25, 0.3) is 8.05 Å². The van der Waals surface area contributed by atoms with Crippen molar-refractivity contribution in [1.29, 1.82) is 0 Å². The molecule has 0 fully saturated rings. The molecule has 12 heavy (non-hydrogen) atoms. The smallest absolute Gasteiger partial charge is 0.266 e. The van der Waals surface area contributed by atoms with Crippen molar-refractivity contribution in [3.8, 4) is 0 Å². The van der Waals surface area contributed by atoms with Crippen LogP contribution in [0.1, 0.15) is 0 Å². The van der Waals surface area contributed by atoms with Crippen LogP contribution in [-0.4, -0.2) is 42.1 Å². The molecule has 7 heteroatoms. The molecule has 0 heterocycles. The molecule has 0 rings (SSSR count). The van der Waals surface area contributed by atoms with Crippen LogP contribution >= 0.6 is 8.03 Å². The molecule has 0 spiro atoms. The number of rotatable bonds is 7. The number of methoxy groups -OCH3 is 1. The Morgan fingerprint density at radius 3 is 2.67 bits per heavy atom. The lowest BCUT2D eigenvalue weighted by atomic mass is 10.0. The zero-order valence-corrected chi connectivity index (χ0v) is 8.83. The first-order valence-corrected chi connectivity index (χ1v) is 5.44. The third-order valence-corrected chi connectivity index (χ3v) is 2.33.